The molecule has 7 nitrogen and oxygen atoms in total. The molecule has 1 heterocycles. The molecule has 0 bridgehead atoms. The fourth-order valence-electron chi connectivity index (χ4n) is 3.05. The van der Waals surface area contributed by atoms with E-state index in [2.05, 4.69) is 10.2 Å². The standard InChI is InChI=1S/C23H26N2O5/c1-17(30-22(26)12-7-18-5-3-4-6-21(18)28-2)23(27)24-19-8-10-20(11-9-19)25-13-15-29-16-14-25/h3-12,17H,13-16H2,1-2H3,(H,24,27)/b12-7+/t17-/m0/s1. The Bertz CT molecular complexity index is 889. The monoisotopic (exact) mass is 410 g/mol. The van der Waals surface area contributed by atoms with Gasteiger partial charge in [-0.05, 0) is 43.3 Å². The molecule has 158 valence electrons. The molecule has 7 heteroatoms. The van der Waals surface area contributed by atoms with Crippen LogP contribution in [0, 0.1) is 0 Å². The van der Waals surface area contributed by atoms with Gasteiger partial charge in [0.15, 0.2) is 6.10 Å². The molecule has 1 amide bonds. The first-order chi connectivity index (χ1) is 14.6. The fourth-order valence-corrected chi connectivity index (χ4v) is 3.05. The van der Waals surface area contributed by atoms with Gasteiger partial charge in [0.2, 0.25) is 0 Å². The number of hydrogen-bond donors (Lipinski definition) is 1. The number of nitrogens with one attached hydrogen (secondary N) is 1. The highest BCUT2D eigenvalue weighted by Gasteiger charge is 2.17. The fraction of sp³-hybridized carbons (Fsp3) is 0.304. The van der Waals surface area contributed by atoms with Gasteiger partial charge in [0.1, 0.15) is 5.75 Å². The molecule has 1 N–H and O–H groups in total. The summed E-state index contributed by atoms with van der Waals surface area (Å²) in [7, 11) is 1.56. The summed E-state index contributed by atoms with van der Waals surface area (Å²) in [5.74, 6) is -0.354. The molecule has 0 aromatic heterocycles. The largest absolute Gasteiger partial charge is 0.496 e. The number of para-hydroxylation sites is 1. The number of nitrogens with zero attached hydrogens (tertiary/aromatic N) is 1. The van der Waals surface area contributed by atoms with Crippen LogP contribution in [-0.4, -0.2) is 51.4 Å². The maximum absolute atomic E-state index is 12.3. The molecule has 1 aliphatic rings. The van der Waals surface area contributed by atoms with Crippen LogP contribution in [0.25, 0.3) is 6.08 Å². The zero-order valence-electron chi connectivity index (χ0n) is 17.2. The maximum atomic E-state index is 12.3. The van der Waals surface area contributed by atoms with Crippen molar-refractivity contribution in [2.75, 3.05) is 43.6 Å². The normalized spacial score (nSPS) is 14.9. The summed E-state index contributed by atoms with van der Waals surface area (Å²) in [5.41, 5.74) is 2.47. The minimum absolute atomic E-state index is 0.395. The van der Waals surface area contributed by atoms with Gasteiger partial charge in [0, 0.05) is 36.1 Å². The van der Waals surface area contributed by atoms with E-state index in [1.807, 2.05) is 42.5 Å². The third kappa shape index (κ3) is 5.84. The number of anilines is 2. The predicted molar refractivity (Wildman–Crippen MR) is 116 cm³/mol. The SMILES string of the molecule is COc1ccccc1/C=C/C(=O)O[C@@H](C)C(=O)Nc1ccc(N2CCOCC2)cc1. The Labute approximate surface area is 176 Å². The first kappa shape index (κ1) is 21.4. The lowest BCUT2D eigenvalue weighted by Gasteiger charge is -2.28. The van der Waals surface area contributed by atoms with Gasteiger partial charge in [0.25, 0.3) is 5.91 Å². The summed E-state index contributed by atoms with van der Waals surface area (Å²) < 4.78 is 15.8. The van der Waals surface area contributed by atoms with Crippen LogP contribution in [0.15, 0.2) is 54.6 Å². The molecule has 0 aliphatic carbocycles. The van der Waals surface area contributed by atoms with Crippen LogP contribution in [0.4, 0.5) is 11.4 Å². The molecule has 2 aromatic rings. The van der Waals surface area contributed by atoms with Crippen LogP contribution in [-0.2, 0) is 19.1 Å². The first-order valence-corrected chi connectivity index (χ1v) is 9.82. The van der Waals surface area contributed by atoms with E-state index in [0.29, 0.717) is 24.7 Å². The average Bonchev–Trinajstić information content (AvgIpc) is 2.79. The Morgan fingerprint density at radius 3 is 2.50 bits per heavy atom. The molecule has 0 radical (unpaired) electrons. The van der Waals surface area contributed by atoms with E-state index >= 15 is 0 Å². The molecule has 0 saturated carbocycles. The van der Waals surface area contributed by atoms with Crippen molar-refractivity contribution < 1.29 is 23.8 Å². The molecular formula is C23H26N2O5. The zero-order chi connectivity index (χ0) is 21.3. The van der Waals surface area contributed by atoms with Gasteiger partial charge in [-0.15, -0.1) is 0 Å². The number of rotatable bonds is 7. The molecule has 30 heavy (non-hydrogen) atoms. The first-order valence-electron chi connectivity index (χ1n) is 9.82. The summed E-state index contributed by atoms with van der Waals surface area (Å²) in [4.78, 5) is 26.6. The van der Waals surface area contributed by atoms with E-state index in [1.165, 1.54) is 13.0 Å². The lowest BCUT2D eigenvalue weighted by Crippen LogP contribution is -2.36. The van der Waals surface area contributed by atoms with Crippen molar-refractivity contribution in [3.8, 4) is 5.75 Å². The molecule has 1 saturated heterocycles. The van der Waals surface area contributed by atoms with E-state index in [0.717, 1.165) is 24.3 Å². The maximum Gasteiger partial charge on any atom is 0.331 e. The second-order valence-corrected chi connectivity index (χ2v) is 6.79. The number of ether oxygens (including phenoxy) is 3. The van der Waals surface area contributed by atoms with Crippen LogP contribution in [0.2, 0.25) is 0 Å². The smallest absolute Gasteiger partial charge is 0.331 e. The second kappa shape index (κ2) is 10.5. The minimum atomic E-state index is -0.932. The van der Waals surface area contributed by atoms with Crippen LogP contribution >= 0.6 is 0 Å². The van der Waals surface area contributed by atoms with Gasteiger partial charge in [-0.2, -0.15) is 0 Å². The highest BCUT2D eigenvalue weighted by molar-refractivity contribution is 5.96. The number of esters is 1. The molecular weight excluding hydrogens is 384 g/mol. The van der Waals surface area contributed by atoms with E-state index < -0.39 is 18.0 Å². The lowest BCUT2D eigenvalue weighted by molar-refractivity contribution is -0.148. The van der Waals surface area contributed by atoms with Crippen molar-refractivity contribution in [3.63, 3.8) is 0 Å². The summed E-state index contributed by atoms with van der Waals surface area (Å²) in [5, 5.41) is 2.77. The van der Waals surface area contributed by atoms with Crippen molar-refractivity contribution in [3.05, 3.63) is 60.2 Å². The van der Waals surface area contributed by atoms with Crippen LogP contribution < -0.4 is 15.0 Å². The summed E-state index contributed by atoms with van der Waals surface area (Å²) >= 11 is 0. The number of carbonyl (C=O) groups excluding carboxylic acids is 2. The Hall–Kier alpha value is -3.32. The molecule has 3 rings (SSSR count). The van der Waals surface area contributed by atoms with Crippen molar-refractivity contribution in [2.24, 2.45) is 0 Å². The summed E-state index contributed by atoms with van der Waals surface area (Å²) in [6.07, 6.45) is 1.94. The number of hydrogen-bond acceptors (Lipinski definition) is 6. The number of morpholine rings is 1. The highest BCUT2D eigenvalue weighted by atomic mass is 16.5. The van der Waals surface area contributed by atoms with Crippen molar-refractivity contribution in [1.82, 2.24) is 0 Å². The Morgan fingerprint density at radius 2 is 1.80 bits per heavy atom. The van der Waals surface area contributed by atoms with Crippen LogP contribution in [0.5, 0.6) is 5.75 Å². The van der Waals surface area contributed by atoms with E-state index in [4.69, 9.17) is 14.2 Å². The molecule has 1 atom stereocenters. The minimum Gasteiger partial charge on any atom is -0.496 e. The van der Waals surface area contributed by atoms with Crippen molar-refractivity contribution in [2.45, 2.75) is 13.0 Å². The van der Waals surface area contributed by atoms with Crippen molar-refractivity contribution in [1.29, 1.82) is 0 Å². The summed E-state index contributed by atoms with van der Waals surface area (Å²) in [6, 6.07) is 14.9. The van der Waals surface area contributed by atoms with Crippen molar-refractivity contribution >= 4 is 29.3 Å². The second-order valence-electron chi connectivity index (χ2n) is 6.79. The average molecular weight is 410 g/mol. The third-order valence-corrected chi connectivity index (χ3v) is 4.71. The zero-order valence-corrected chi connectivity index (χ0v) is 17.2. The molecule has 1 aliphatic heterocycles. The summed E-state index contributed by atoms with van der Waals surface area (Å²) in [6.45, 7) is 4.66. The van der Waals surface area contributed by atoms with Crippen LogP contribution in [0.3, 0.4) is 0 Å². The van der Waals surface area contributed by atoms with Crippen LogP contribution in [0.1, 0.15) is 12.5 Å². The lowest BCUT2D eigenvalue weighted by atomic mass is 10.2. The molecule has 0 spiro atoms. The Balaban J connectivity index is 1.51. The van der Waals surface area contributed by atoms with Gasteiger partial charge >= 0.3 is 5.97 Å². The van der Waals surface area contributed by atoms with E-state index in [-0.39, 0.29) is 0 Å². The Morgan fingerprint density at radius 1 is 1.10 bits per heavy atom. The Kier molecular flexibility index (Phi) is 7.45. The predicted octanol–water partition coefficient (Wildman–Crippen LogP) is 3.12. The van der Waals surface area contributed by atoms with Gasteiger partial charge in [-0.25, -0.2) is 4.79 Å². The highest BCUT2D eigenvalue weighted by Crippen LogP contribution is 2.20. The van der Waals surface area contributed by atoms with Gasteiger partial charge in [-0.3, -0.25) is 4.79 Å². The number of methoxy groups -OCH3 is 1. The van der Waals surface area contributed by atoms with Gasteiger partial charge in [-0.1, -0.05) is 18.2 Å². The molecule has 0 unspecified atom stereocenters. The molecule has 2 aromatic carbocycles. The van der Waals surface area contributed by atoms with E-state index in [9.17, 15) is 9.59 Å². The number of carbonyl (C=O) groups is 2. The third-order valence-electron chi connectivity index (χ3n) is 4.71. The number of benzene rings is 2. The quantitative estimate of drug-likeness (QED) is 0.558. The van der Waals surface area contributed by atoms with Gasteiger partial charge < -0.3 is 24.4 Å². The van der Waals surface area contributed by atoms with Gasteiger partial charge in [0.05, 0.1) is 20.3 Å². The topological polar surface area (TPSA) is 77.1 Å². The van der Waals surface area contributed by atoms with E-state index in [1.54, 1.807) is 19.3 Å². The number of amides is 1. The molecule has 1 fully saturated rings.